The van der Waals surface area contributed by atoms with Gasteiger partial charge in [0.25, 0.3) is 0 Å². The third kappa shape index (κ3) is 3.83. The molecule has 1 fully saturated rings. The largest absolute Gasteiger partial charge is 0.328 e. The number of amides is 1. The molecule has 3 heteroatoms. The minimum Gasteiger partial charge on any atom is -0.328 e. The lowest BCUT2D eigenvalue weighted by molar-refractivity contribution is -0.123. The fourth-order valence-electron chi connectivity index (χ4n) is 2.96. The number of nitrogens with zero attached hydrogens (tertiary/aromatic N) is 1. The van der Waals surface area contributed by atoms with Gasteiger partial charge in [-0.1, -0.05) is 38.0 Å². The zero-order chi connectivity index (χ0) is 14.4. The van der Waals surface area contributed by atoms with Gasteiger partial charge in [0.1, 0.15) is 0 Å². The maximum Gasteiger partial charge on any atom is 0.230 e. The second kappa shape index (κ2) is 7.44. The van der Waals surface area contributed by atoms with E-state index in [0.29, 0.717) is 0 Å². The van der Waals surface area contributed by atoms with Crippen LogP contribution in [0.15, 0.2) is 30.3 Å². The first kappa shape index (κ1) is 15.0. The molecular formula is C17H26N2O. The molecule has 1 aromatic carbocycles. The van der Waals surface area contributed by atoms with E-state index in [9.17, 15) is 4.79 Å². The molecule has 1 amide bonds. The second-order valence-electron chi connectivity index (χ2n) is 5.80. The van der Waals surface area contributed by atoms with E-state index in [2.05, 4.69) is 6.92 Å². The molecule has 1 saturated carbocycles. The predicted octanol–water partition coefficient (Wildman–Crippen LogP) is 3.34. The molecule has 2 unspecified atom stereocenters. The number of hydrogen-bond acceptors (Lipinski definition) is 2. The number of benzene rings is 1. The number of unbranched alkanes of at least 4 members (excludes halogenated alkanes) is 1. The molecule has 110 valence electrons. The Morgan fingerprint density at radius 1 is 1.30 bits per heavy atom. The van der Waals surface area contributed by atoms with E-state index >= 15 is 0 Å². The van der Waals surface area contributed by atoms with Crippen LogP contribution in [0.25, 0.3) is 0 Å². The van der Waals surface area contributed by atoms with Gasteiger partial charge in [-0.05, 0) is 37.8 Å². The fourth-order valence-corrected chi connectivity index (χ4v) is 2.96. The summed E-state index contributed by atoms with van der Waals surface area (Å²) in [5.74, 6) is 0.371. The lowest BCUT2D eigenvalue weighted by atomic mass is 9.85. The van der Waals surface area contributed by atoms with E-state index < -0.39 is 0 Å². The van der Waals surface area contributed by atoms with Crippen molar-refractivity contribution in [2.45, 2.75) is 51.5 Å². The summed E-state index contributed by atoms with van der Waals surface area (Å²) in [7, 11) is 0. The van der Waals surface area contributed by atoms with Crippen molar-refractivity contribution in [3.63, 3.8) is 0 Å². The van der Waals surface area contributed by atoms with Crippen molar-refractivity contribution in [3.05, 3.63) is 30.3 Å². The number of para-hydroxylation sites is 1. The summed E-state index contributed by atoms with van der Waals surface area (Å²) in [6.07, 6.45) is 6.11. The number of hydrogen-bond donors (Lipinski definition) is 1. The summed E-state index contributed by atoms with van der Waals surface area (Å²) >= 11 is 0. The second-order valence-corrected chi connectivity index (χ2v) is 5.80. The molecule has 0 saturated heterocycles. The number of carbonyl (C=O) groups is 1. The van der Waals surface area contributed by atoms with Crippen LogP contribution in [0.3, 0.4) is 0 Å². The van der Waals surface area contributed by atoms with Gasteiger partial charge in [-0.15, -0.1) is 0 Å². The quantitative estimate of drug-likeness (QED) is 0.895. The standard InChI is InChI=1S/C17H26N2O/c1-2-3-12-19(16-10-5-4-6-11-16)17(20)14-8-7-9-15(18)13-14/h4-6,10-11,14-15H,2-3,7-9,12-13,18H2,1H3. The first-order chi connectivity index (χ1) is 9.72. The van der Waals surface area contributed by atoms with E-state index in [4.69, 9.17) is 5.73 Å². The number of anilines is 1. The molecule has 0 radical (unpaired) electrons. The zero-order valence-electron chi connectivity index (χ0n) is 12.4. The first-order valence-corrected chi connectivity index (χ1v) is 7.84. The van der Waals surface area contributed by atoms with E-state index in [1.54, 1.807) is 0 Å². The van der Waals surface area contributed by atoms with Gasteiger partial charge in [-0.3, -0.25) is 4.79 Å². The highest BCUT2D eigenvalue weighted by atomic mass is 16.2. The van der Waals surface area contributed by atoms with Crippen LogP contribution in [0.1, 0.15) is 45.4 Å². The number of nitrogens with two attached hydrogens (primary N) is 1. The summed E-state index contributed by atoms with van der Waals surface area (Å²) in [5, 5.41) is 0. The number of carbonyl (C=O) groups excluding carboxylic acids is 1. The molecular weight excluding hydrogens is 248 g/mol. The van der Waals surface area contributed by atoms with Crippen LogP contribution in [-0.4, -0.2) is 18.5 Å². The highest BCUT2D eigenvalue weighted by molar-refractivity contribution is 5.95. The molecule has 2 N–H and O–H groups in total. The fraction of sp³-hybridized carbons (Fsp3) is 0.588. The third-order valence-electron chi connectivity index (χ3n) is 4.13. The Kier molecular flexibility index (Phi) is 5.60. The maximum atomic E-state index is 12.8. The van der Waals surface area contributed by atoms with Crippen molar-refractivity contribution in [2.24, 2.45) is 11.7 Å². The number of rotatable bonds is 5. The van der Waals surface area contributed by atoms with Crippen molar-refractivity contribution in [2.75, 3.05) is 11.4 Å². The van der Waals surface area contributed by atoms with Crippen LogP contribution in [0.5, 0.6) is 0 Å². The van der Waals surface area contributed by atoms with Gasteiger partial charge in [0.05, 0.1) is 0 Å². The van der Waals surface area contributed by atoms with Crippen molar-refractivity contribution >= 4 is 11.6 Å². The van der Waals surface area contributed by atoms with Gasteiger partial charge >= 0.3 is 0 Å². The van der Waals surface area contributed by atoms with Crippen LogP contribution in [0.4, 0.5) is 5.69 Å². The van der Waals surface area contributed by atoms with E-state index in [0.717, 1.165) is 50.8 Å². The Labute approximate surface area is 122 Å². The van der Waals surface area contributed by atoms with Crippen LogP contribution in [-0.2, 0) is 4.79 Å². The van der Waals surface area contributed by atoms with Crippen molar-refractivity contribution in [1.82, 2.24) is 0 Å². The Hall–Kier alpha value is -1.35. The Morgan fingerprint density at radius 2 is 2.05 bits per heavy atom. The van der Waals surface area contributed by atoms with E-state index in [1.807, 2.05) is 35.2 Å². The first-order valence-electron chi connectivity index (χ1n) is 7.84. The monoisotopic (exact) mass is 274 g/mol. The Bertz CT molecular complexity index is 418. The maximum absolute atomic E-state index is 12.8. The van der Waals surface area contributed by atoms with Crippen LogP contribution >= 0.6 is 0 Å². The van der Waals surface area contributed by atoms with Gasteiger partial charge in [-0.25, -0.2) is 0 Å². The molecule has 0 aromatic heterocycles. The molecule has 1 aliphatic carbocycles. The van der Waals surface area contributed by atoms with Crippen molar-refractivity contribution < 1.29 is 4.79 Å². The average molecular weight is 274 g/mol. The Balaban J connectivity index is 2.11. The molecule has 1 aliphatic rings. The topological polar surface area (TPSA) is 46.3 Å². The van der Waals surface area contributed by atoms with Crippen LogP contribution in [0.2, 0.25) is 0 Å². The lowest BCUT2D eigenvalue weighted by Crippen LogP contribution is -2.41. The molecule has 0 heterocycles. The van der Waals surface area contributed by atoms with Gasteiger partial charge in [0.15, 0.2) is 0 Å². The molecule has 0 bridgehead atoms. The summed E-state index contributed by atoms with van der Waals surface area (Å²) in [6.45, 7) is 2.97. The summed E-state index contributed by atoms with van der Waals surface area (Å²) in [4.78, 5) is 14.8. The summed E-state index contributed by atoms with van der Waals surface area (Å²) in [5.41, 5.74) is 7.05. The van der Waals surface area contributed by atoms with Crippen LogP contribution < -0.4 is 10.6 Å². The molecule has 1 aromatic rings. The highest BCUT2D eigenvalue weighted by Crippen LogP contribution is 2.27. The van der Waals surface area contributed by atoms with Crippen LogP contribution in [0, 0.1) is 5.92 Å². The third-order valence-corrected chi connectivity index (χ3v) is 4.13. The van der Waals surface area contributed by atoms with Gasteiger partial charge in [0.2, 0.25) is 5.91 Å². The van der Waals surface area contributed by atoms with Gasteiger partial charge in [-0.2, -0.15) is 0 Å². The lowest BCUT2D eigenvalue weighted by Gasteiger charge is -2.31. The van der Waals surface area contributed by atoms with Gasteiger partial charge in [0, 0.05) is 24.2 Å². The molecule has 3 nitrogen and oxygen atoms in total. The summed E-state index contributed by atoms with van der Waals surface area (Å²) < 4.78 is 0. The minimum atomic E-state index is 0.107. The SMILES string of the molecule is CCCCN(C(=O)C1CCCC(N)C1)c1ccccc1. The Morgan fingerprint density at radius 3 is 2.70 bits per heavy atom. The smallest absolute Gasteiger partial charge is 0.230 e. The van der Waals surface area contributed by atoms with Crippen molar-refractivity contribution in [1.29, 1.82) is 0 Å². The van der Waals surface area contributed by atoms with Crippen molar-refractivity contribution in [3.8, 4) is 0 Å². The van der Waals surface area contributed by atoms with E-state index in [-0.39, 0.29) is 17.9 Å². The zero-order valence-corrected chi connectivity index (χ0v) is 12.4. The highest BCUT2D eigenvalue weighted by Gasteiger charge is 2.29. The average Bonchev–Trinajstić information content (AvgIpc) is 2.48. The predicted molar refractivity (Wildman–Crippen MR) is 83.6 cm³/mol. The van der Waals surface area contributed by atoms with Gasteiger partial charge < -0.3 is 10.6 Å². The molecule has 2 rings (SSSR count). The molecule has 0 spiro atoms. The molecule has 0 aliphatic heterocycles. The molecule has 20 heavy (non-hydrogen) atoms. The minimum absolute atomic E-state index is 0.107. The molecule has 2 atom stereocenters. The normalized spacial score (nSPS) is 22.5. The van der Waals surface area contributed by atoms with E-state index in [1.165, 1.54) is 0 Å². The summed E-state index contributed by atoms with van der Waals surface area (Å²) in [6, 6.07) is 10.2.